The maximum Gasteiger partial charge on any atom is 0.379 e. The van der Waals surface area contributed by atoms with Gasteiger partial charge in [-0.05, 0) is 17.6 Å². The van der Waals surface area contributed by atoms with Gasteiger partial charge in [-0.1, -0.05) is 6.08 Å². The molecule has 5 nitrogen and oxygen atoms in total. The molecule has 17 heavy (non-hydrogen) atoms. The van der Waals surface area contributed by atoms with Gasteiger partial charge >= 0.3 is 17.7 Å². The summed E-state index contributed by atoms with van der Waals surface area (Å²) in [5.41, 5.74) is -0.741. The molecule has 1 saturated heterocycles. The number of rotatable bonds is 2. The monoisotopic (exact) mass is 258 g/mol. The highest BCUT2D eigenvalue weighted by Crippen LogP contribution is 2.47. The van der Waals surface area contributed by atoms with Crippen LogP contribution in [0.4, 0.5) is 0 Å². The van der Waals surface area contributed by atoms with Crippen LogP contribution in [0.3, 0.4) is 0 Å². The van der Waals surface area contributed by atoms with E-state index in [2.05, 4.69) is 4.74 Å². The minimum Gasteiger partial charge on any atom is -0.464 e. The van der Waals surface area contributed by atoms with Crippen molar-refractivity contribution in [3.05, 3.63) is 11.5 Å². The molecule has 6 heteroatoms. The third kappa shape index (κ3) is 1.85. The molecule has 1 spiro atoms. The number of esters is 2. The Hall–Kier alpha value is -1.01. The van der Waals surface area contributed by atoms with E-state index in [1.165, 1.54) is 14.2 Å². The molecule has 0 aromatic carbocycles. The zero-order valence-electron chi connectivity index (χ0n) is 9.73. The van der Waals surface area contributed by atoms with Crippen LogP contribution >= 0.6 is 11.8 Å². The van der Waals surface area contributed by atoms with Crippen molar-refractivity contribution in [3.63, 3.8) is 0 Å². The summed E-state index contributed by atoms with van der Waals surface area (Å²) >= 11 is 1.63. The average Bonchev–Trinajstić information content (AvgIpc) is 2.64. The summed E-state index contributed by atoms with van der Waals surface area (Å²) in [5, 5.41) is 1.87. The highest BCUT2D eigenvalue weighted by molar-refractivity contribution is 8.02. The molecule has 94 valence electrons. The zero-order chi connectivity index (χ0) is 12.5. The third-order valence-electron chi connectivity index (χ3n) is 3.19. The van der Waals surface area contributed by atoms with Crippen LogP contribution in [-0.2, 0) is 23.8 Å². The first-order valence-corrected chi connectivity index (χ1v) is 6.30. The minimum atomic E-state index is -1.59. The van der Waals surface area contributed by atoms with Crippen LogP contribution in [0.5, 0.6) is 0 Å². The molecule has 0 bridgehead atoms. The summed E-state index contributed by atoms with van der Waals surface area (Å²) < 4.78 is 14.9. The van der Waals surface area contributed by atoms with Crippen LogP contribution in [-0.4, -0.2) is 37.7 Å². The second-order valence-corrected chi connectivity index (χ2v) is 5.11. The molecule has 0 radical (unpaired) electrons. The molecule has 2 atom stereocenters. The second kappa shape index (κ2) is 4.34. The van der Waals surface area contributed by atoms with Gasteiger partial charge in [0.15, 0.2) is 0 Å². The van der Waals surface area contributed by atoms with Crippen LogP contribution in [0.25, 0.3) is 0 Å². The largest absolute Gasteiger partial charge is 0.464 e. The first-order chi connectivity index (χ1) is 8.08. The van der Waals surface area contributed by atoms with E-state index >= 15 is 0 Å². The fraction of sp³-hybridized carbons (Fsp3) is 0.636. The Morgan fingerprint density at radius 2 is 2.29 bits per heavy atom. The number of carbonyl (C=O) groups is 2. The molecule has 2 aliphatic heterocycles. The van der Waals surface area contributed by atoms with Crippen LogP contribution < -0.4 is 0 Å². The molecule has 2 rings (SSSR count). The number of thioether (sulfide) groups is 1. The Labute approximate surface area is 103 Å². The summed E-state index contributed by atoms with van der Waals surface area (Å²) in [6.07, 6.45) is 2.63. The van der Waals surface area contributed by atoms with Crippen molar-refractivity contribution in [2.75, 3.05) is 20.0 Å². The molecule has 2 heterocycles. The first kappa shape index (κ1) is 12.4. The van der Waals surface area contributed by atoms with E-state index in [9.17, 15) is 9.59 Å². The van der Waals surface area contributed by atoms with Gasteiger partial charge in [-0.3, -0.25) is 4.79 Å². The standard InChI is InChI=1S/C11H14O5S/c1-14-9(13)11(15-2)7-10(8(12)16-11)3-5-17-6-4-10/h3,5H,4,6-7H2,1-2H3. The predicted octanol–water partition coefficient (Wildman–Crippen LogP) is 1.09. The Morgan fingerprint density at radius 3 is 2.82 bits per heavy atom. The van der Waals surface area contributed by atoms with E-state index in [0.29, 0.717) is 6.42 Å². The Bertz CT molecular complexity index is 380. The van der Waals surface area contributed by atoms with E-state index < -0.39 is 23.1 Å². The van der Waals surface area contributed by atoms with Crippen molar-refractivity contribution in [1.82, 2.24) is 0 Å². The van der Waals surface area contributed by atoms with Gasteiger partial charge in [0.2, 0.25) is 0 Å². The lowest BCUT2D eigenvalue weighted by atomic mass is 9.81. The van der Waals surface area contributed by atoms with Crippen molar-refractivity contribution in [1.29, 1.82) is 0 Å². The lowest BCUT2D eigenvalue weighted by Gasteiger charge is -2.25. The molecule has 0 amide bonds. The highest BCUT2D eigenvalue weighted by atomic mass is 32.2. The summed E-state index contributed by atoms with van der Waals surface area (Å²) in [6, 6.07) is 0. The molecule has 0 N–H and O–H groups in total. The Morgan fingerprint density at radius 1 is 1.53 bits per heavy atom. The molecule has 0 aliphatic carbocycles. The normalized spacial score (nSPS) is 36.0. The fourth-order valence-electron chi connectivity index (χ4n) is 2.13. The minimum absolute atomic E-state index is 0.180. The van der Waals surface area contributed by atoms with Crippen molar-refractivity contribution >= 4 is 23.7 Å². The van der Waals surface area contributed by atoms with Crippen LogP contribution in [0.1, 0.15) is 12.8 Å². The molecule has 1 fully saturated rings. The second-order valence-electron chi connectivity index (χ2n) is 4.09. The van der Waals surface area contributed by atoms with E-state index in [1.807, 2.05) is 5.41 Å². The van der Waals surface area contributed by atoms with Gasteiger partial charge < -0.3 is 14.2 Å². The summed E-state index contributed by atoms with van der Waals surface area (Å²) in [5.74, 6) is -1.84. The summed E-state index contributed by atoms with van der Waals surface area (Å²) in [7, 11) is 2.58. The first-order valence-electron chi connectivity index (χ1n) is 5.25. The predicted molar refractivity (Wildman–Crippen MR) is 61.1 cm³/mol. The van der Waals surface area contributed by atoms with Gasteiger partial charge in [0, 0.05) is 13.5 Å². The van der Waals surface area contributed by atoms with Gasteiger partial charge in [-0.15, -0.1) is 11.8 Å². The van der Waals surface area contributed by atoms with Crippen molar-refractivity contribution in [2.24, 2.45) is 5.41 Å². The lowest BCUT2D eigenvalue weighted by molar-refractivity contribution is -0.220. The fourth-order valence-corrected chi connectivity index (χ4v) is 3.10. The quantitative estimate of drug-likeness (QED) is 0.691. The van der Waals surface area contributed by atoms with Gasteiger partial charge in [0.1, 0.15) is 0 Å². The number of ether oxygens (including phenoxy) is 3. The van der Waals surface area contributed by atoms with Crippen LogP contribution in [0.2, 0.25) is 0 Å². The van der Waals surface area contributed by atoms with Gasteiger partial charge in [-0.2, -0.15) is 0 Å². The summed E-state index contributed by atoms with van der Waals surface area (Å²) in [6.45, 7) is 0. The van der Waals surface area contributed by atoms with Crippen molar-refractivity contribution < 1.29 is 23.8 Å². The van der Waals surface area contributed by atoms with Crippen molar-refractivity contribution in [3.8, 4) is 0 Å². The smallest absolute Gasteiger partial charge is 0.379 e. The molecule has 0 aromatic heterocycles. The molecule has 2 unspecified atom stereocenters. The van der Waals surface area contributed by atoms with Crippen LogP contribution in [0, 0.1) is 5.41 Å². The number of hydrogen-bond donors (Lipinski definition) is 0. The number of carbonyl (C=O) groups excluding carboxylic acids is 2. The molecule has 0 saturated carbocycles. The van der Waals surface area contributed by atoms with E-state index in [-0.39, 0.29) is 6.42 Å². The maximum absolute atomic E-state index is 12.0. The molecule has 0 aromatic rings. The number of hydrogen-bond acceptors (Lipinski definition) is 6. The van der Waals surface area contributed by atoms with Gasteiger partial charge in [-0.25, -0.2) is 4.79 Å². The molecule has 2 aliphatic rings. The SMILES string of the molecule is COC(=O)C1(OC)CC2(C=CSCC2)C(=O)O1. The maximum atomic E-state index is 12.0. The van der Waals surface area contributed by atoms with Gasteiger partial charge in [0.05, 0.1) is 12.5 Å². The number of cyclic esters (lactones) is 1. The topological polar surface area (TPSA) is 61.8 Å². The van der Waals surface area contributed by atoms with Crippen LogP contribution in [0.15, 0.2) is 11.5 Å². The van der Waals surface area contributed by atoms with E-state index in [0.717, 1.165) is 5.75 Å². The van der Waals surface area contributed by atoms with Gasteiger partial charge in [0.25, 0.3) is 0 Å². The average molecular weight is 258 g/mol. The Balaban J connectivity index is 2.31. The molecular weight excluding hydrogens is 244 g/mol. The third-order valence-corrected chi connectivity index (χ3v) is 3.96. The van der Waals surface area contributed by atoms with Crippen molar-refractivity contribution in [2.45, 2.75) is 18.6 Å². The number of methoxy groups -OCH3 is 2. The van der Waals surface area contributed by atoms with E-state index in [4.69, 9.17) is 9.47 Å². The summed E-state index contributed by atoms with van der Waals surface area (Å²) in [4.78, 5) is 23.7. The lowest BCUT2D eigenvalue weighted by Crippen LogP contribution is -2.42. The molecular formula is C11H14O5S. The van der Waals surface area contributed by atoms with E-state index in [1.54, 1.807) is 17.8 Å². The zero-order valence-corrected chi connectivity index (χ0v) is 10.5. The Kier molecular flexibility index (Phi) is 3.18. The highest BCUT2D eigenvalue weighted by Gasteiger charge is 2.61.